The van der Waals surface area contributed by atoms with Gasteiger partial charge in [-0.15, -0.1) is 6.42 Å². The number of aryl methyl sites for hydroxylation is 1. The molecule has 0 heterocycles. The Labute approximate surface area is 252 Å². The van der Waals surface area contributed by atoms with Crippen LogP contribution in [0.3, 0.4) is 0 Å². The van der Waals surface area contributed by atoms with Crippen molar-refractivity contribution in [2.45, 2.75) is 51.8 Å². The molecule has 0 aromatic heterocycles. The summed E-state index contributed by atoms with van der Waals surface area (Å²) < 4.78 is 5.44. The number of terminal acetylenes is 1. The fourth-order valence-corrected chi connectivity index (χ4v) is 4.74. The highest BCUT2D eigenvalue weighted by molar-refractivity contribution is 6.34. The molecule has 3 amide bonds. The Morgan fingerprint density at radius 1 is 1.02 bits per heavy atom. The molecule has 0 aliphatic rings. The zero-order valence-corrected chi connectivity index (χ0v) is 24.9. The van der Waals surface area contributed by atoms with E-state index in [4.69, 9.17) is 22.8 Å². The second kappa shape index (κ2) is 14.5. The van der Waals surface area contributed by atoms with Gasteiger partial charge in [0.1, 0.15) is 17.7 Å². The molecule has 42 heavy (non-hydrogen) atoms. The summed E-state index contributed by atoms with van der Waals surface area (Å²) in [6.07, 6.45) is 5.11. The van der Waals surface area contributed by atoms with E-state index in [0.29, 0.717) is 27.4 Å². The topological polar surface area (TPSA) is 108 Å². The largest absolute Gasteiger partial charge is 0.444 e. The van der Waals surface area contributed by atoms with E-state index in [0.717, 1.165) is 5.56 Å². The highest BCUT2D eigenvalue weighted by Gasteiger charge is 2.37. The van der Waals surface area contributed by atoms with Gasteiger partial charge in [-0.25, -0.2) is 4.79 Å². The van der Waals surface area contributed by atoms with Crippen LogP contribution in [0.4, 0.5) is 10.5 Å². The molecule has 0 bridgehead atoms. The summed E-state index contributed by atoms with van der Waals surface area (Å²) in [4.78, 5) is 42.5. The molecule has 8 nitrogen and oxygen atoms in total. The molecule has 2 atom stereocenters. The number of alkyl carbamates (subject to hydrolysis) is 1. The van der Waals surface area contributed by atoms with Crippen molar-refractivity contribution >= 4 is 35.2 Å². The number of carbonyl (C=O) groups is 3. The van der Waals surface area contributed by atoms with Gasteiger partial charge >= 0.3 is 6.09 Å². The van der Waals surface area contributed by atoms with Gasteiger partial charge in [-0.3, -0.25) is 9.59 Å². The van der Waals surface area contributed by atoms with Crippen molar-refractivity contribution < 1.29 is 24.2 Å². The number of benzene rings is 3. The lowest BCUT2D eigenvalue weighted by molar-refractivity contribution is -0.141. The Balaban J connectivity index is 2.11. The third kappa shape index (κ3) is 8.59. The number of carbonyl (C=O) groups excluding carboxylic acids is 3. The van der Waals surface area contributed by atoms with Gasteiger partial charge < -0.3 is 25.4 Å². The first-order valence-electron chi connectivity index (χ1n) is 13.5. The van der Waals surface area contributed by atoms with E-state index in [9.17, 15) is 19.5 Å². The van der Waals surface area contributed by atoms with Crippen molar-refractivity contribution in [3.05, 3.63) is 100 Å². The molecule has 0 aliphatic heterocycles. The Bertz CT molecular complexity index is 1430. The van der Waals surface area contributed by atoms with E-state index in [1.165, 1.54) is 4.90 Å². The van der Waals surface area contributed by atoms with E-state index in [1.807, 2.05) is 30.3 Å². The van der Waals surface area contributed by atoms with Crippen LogP contribution in [-0.2, 0) is 20.7 Å². The number of ether oxygens (including phenoxy) is 1. The summed E-state index contributed by atoms with van der Waals surface area (Å²) in [7, 11) is 0. The summed E-state index contributed by atoms with van der Waals surface area (Å²) in [5.74, 6) is 1.38. The highest BCUT2D eigenvalue weighted by atomic mass is 35.5. The SMILES string of the molecule is C#Cc1ccccc1C(C(=O)Nc1c(C)cccc1Cl)N(CCO)C(=O)C(Cc1ccccc1)NC(=O)OC(C)(C)C. The fraction of sp³-hybridized carbons (Fsp3) is 0.303. The van der Waals surface area contributed by atoms with Crippen LogP contribution in [0, 0.1) is 19.3 Å². The molecule has 2 unspecified atom stereocenters. The normalized spacial score (nSPS) is 12.4. The summed E-state index contributed by atoms with van der Waals surface area (Å²) in [6.45, 7) is 6.26. The summed E-state index contributed by atoms with van der Waals surface area (Å²) in [6, 6.07) is 18.7. The maximum absolute atomic E-state index is 14.3. The minimum absolute atomic E-state index is 0.107. The first kappa shape index (κ1) is 32.2. The zero-order chi connectivity index (χ0) is 30.9. The number of nitrogens with one attached hydrogen (secondary N) is 2. The average molecular weight is 590 g/mol. The molecular weight excluding hydrogens is 554 g/mol. The standard InChI is InChI=1S/C33H36ClN3O5/c1-6-24-16-10-11-17-25(24)29(30(39)36-28-22(2)13-12-18-26(28)34)37(19-20-38)31(40)27(21-23-14-8-7-9-15-23)35-32(41)42-33(3,4)5/h1,7-18,27,29,38H,19-21H2,2-5H3,(H,35,41)(H,36,39). The molecule has 3 rings (SSSR count). The van der Waals surface area contributed by atoms with Crippen molar-refractivity contribution in [2.75, 3.05) is 18.5 Å². The lowest BCUT2D eigenvalue weighted by Crippen LogP contribution is -2.54. The molecule has 0 fully saturated rings. The Morgan fingerprint density at radius 3 is 2.31 bits per heavy atom. The van der Waals surface area contributed by atoms with Crippen LogP contribution < -0.4 is 10.6 Å². The molecule has 3 N–H and O–H groups in total. The molecule has 0 aliphatic carbocycles. The van der Waals surface area contributed by atoms with Crippen LogP contribution in [0.15, 0.2) is 72.8 Å². The van der Waals surface area contributed by atoms with Crippen LogP contribution in [0.5, 0.6) is 0 Å². The maximum atomic E-state index is 14.3. The summed E-state index contributed by atoms with van der Waals surface area (Å²) >= 11 is 6.41. The lowest BCUT2D eigenvalue weighted by Gasteiger charge is -2.34. The van der Waals surface area contributed by atoms with Gasteiger partial charge in [0, 0.05) is 18.5 Å². The highest BCUT2D eigenvalue weighted by Crippen LogP contribution is 2.30. The molecule has 0 spiro atoms. The number of rotatable bonds is 10. The molecule has 0 radical (unpaired) electrons. The minimum atomic E-state index is -1.27. The number of hydrogen-bond acceptors (Lipinski definition) is 5. The van der Waals surface area contributed by atoms with Crippen LogP contribution >= 0.6 is 11.6 Å². The Hall–Kier alpha value is -4.32. The number of aliphatic hydroxyl groups is 1. The smallest absolute Gasteiger partial charge is 0.408 e. The monoisotopic (exact) mass is 589 g/mol. The van der Waals surface area contributed by atoms with Gasteiger partial charge in [0.15, 0.2) is 0 Å². The first-order chi connectivity index (χ1) is 19.9. The Kier molecular flexibility index (Phi) is 11.1. The summed E-state index contributed by atoms with van der Waals surface area (Å²) in [5, 5.41) is 15.9. The molecule has 3 aromatic rings. The molecule has 0 saturated carbocycles. The van der Waals surface area contributed by atoms with Crippen LogP contribution in [0.2, 0.25) is 5.02 Å². The molecule has 0 saturated heterocycles. The number of nitrogens with zero attached hydrogens (tertiary/aromatic N) is 1. The molecule has 220 valence electrons. The number of aliphatic hydroxyl groups excluding tert-OH is 1. The lowest BCUT2D eigenvalue weighted by atomic mass is 9.96. The van der Waals surface area contributed by atoms with E-state index in [-0.39, 0.29) is 13.0 Å². The number of hydrogen-bond donors (Lipinski definition) is 3. The number of para-hydroxylation sites is 1. The van der Waals surface area contributed by atoms with Crippen LogP contribution in [0.25, 0.3) is 0 Å². The predicted octanol–water partition coefficient (Wildman–Crippen LogP) is 5.27. The van der Waals surface area contributed by atoms with Gasteiger partial charge in [0.25, 0.3) is 5.91 Å². The van der Waals surface area contributed by atoms with Crippen LogP contribution in [-0.4, -0.2) is 52.7 Å². The first-order valence-corrected chi connectivity index (χ1v) is 13.9. The summed E-state index contributed by atoms with van der Waals surface area (Å²) in [5.41, 5.74) is 1.83. The third-order valence-corrected chi connectivity index (χ3v) is 6.65. The van der Waals surface area contributed by atoms with Crippen molar-refractivity contribution in [2.24, 2.45) is 0 Å². The van der Waals surface area contributed by atoms with Crippen molar-refractivity contribution in [3.63, 3.8) is 0 Å². The van der Waals surface area contributed by atoms with E-state index in [1.54, 1.807) is 70.2 Å². The minimum Gasteiger partial charge on any atom is -0.444 e. The van der Waals surface area contributed by atoms with E-state index >= 15 is 0 Å². The van der Waals surface area contributed by atoms with Gasteiger partial charge in [0.05, 0.1) is 17.3 Å². The van der Waals surface area contributed by atoms with Crippen LogP contribution in [0.1, 0.15) is 49.1 Å². The van der Waals surface area contributed by atoms with E-state index in [2.05, 4.69) is 16.6 Å². The number of anilines is 1. The van der Waals surface area contributed by atoms with Gasteiger partial charge in [-0.2, -0.15) is 0 Å². The quantitative estimate of drug-likeness (QED) is 0.279. The zero-order valence-electron chi connectivity index (χ0n) is 24.2. The maximum Gasteiger partial charge on any atom is 0.408 e. The van der Waals surface area contributed by atoms with E-state index < -0.39 is 42.2 Å². The van der Waals surface area contributed by atoms with Crippen molar-refractivity contribution in [1.82, 2.24) is 10.2 Å². The number of halogens is 1. The Morgan fingerprint density at radius 2 is 1.69 bits per heavy atom. The van der Waals surface area contributed by atoms with Gasteiger partial charge in [-0.05, 0) is 56.5 Å². The number of amides is 3. The van der Waals surface area contributed by atoms with Gasteiger partial charge in [-0.1, -0.05) is 78.2 Å². The van der Waals surface area contributed by atoms with Crippen molar-refractivity contribution in [1.29, 1.82) is 0 Å². The molecule has 9 heteroatoms. The average Bonchev–Trinajstić information content (AvgIpc) is 2.94. The second-order valence-electron chi connectivity index (χ2n) is 10.7. The van der Waals surface area contributed by atoms with Gasteiger partial charge in [0.2, 0.25) is 5.91 Å². The third-order valence-electron chi connectivity index (χ3n) is 6.34. The predicted molar refractivity (Wildman–Crippen MR) is 164 cm³/mol. The molecular formula is C33H36ClN3O5. The van der Waals surface area contributed by atoms with Crippen molar-refractivity contribution in [3.8, 4) is 12.3 Å². The fourth-order valence-electron chi connectivity index (χ4n) is 4.47. The molecule has 3 aromatic carbocycles. The second-order valence-corrected chi connectivity index (χ2v) is 11.1.